The van der Waals surface area contributed by atoms with Gasteiger partial charge < -0.3 is 10.2 Å². The molecule has 1 heterocycles. The third kappa shape index (κ3) is 5.17. The van der Waals surface area contributed by atoms with Gasteiger partial charge in [0.2, 0.25) is 0 Å². The first-order valence-corrected chi connectivity index (χ1v) is 7.87. The van der Waals surface area contributed by atoms with Crippen LogP contribution < -0.4 is 0 Å². The highest BCUT2D eigenvalue weighted by Gasteiger charge is 2.23. The Morgan fingerprint density at radius 3 is 2.67 bits per heavy atom. The SMILES string of the molecule is OCCC#Cc1ccc(CN2CCCC2CCCO)cc1. The van der Waals surface area contributed by atoms with E-state index in [0.29, 0.717) is 19.1 Å². The maximum absolute atomic E-state index is 8.97. The summed E-state index contributed by atoms with van der Waals surface area (Å²) in [6.07, 6.45) is 5.05. The van der Waals surface area contributed by atoms with Crippen LogP contribution >= 0.6 is 0 Å². The van der Waals surface area contributed by atoms with E-state index in [1.165, 1.54) is 18.4 Å². The third-order valence-corrected chi connectivity index (χ3v) is 4.00. The largest absolute Gasteiger partial charge is 0.396 e. The highest BCUT2D eigenvalue weighted by atomic mass is 16.3. The number of rotatable bonds is 6. The van der Waals surface area contributed by atoms with Crippen molar-refractivity contribution in [3.8, 4) is 11.8 Å². The lowest BCUT2D eigenvalue weighted by atomic mass is 10.1. The lowest BCUT2D eigenvalue weighted by Crippen LogP contribution is -2.29. The number of hydrogen-bond donors (Lipinski definition) is 2. The first kappa shape index (κ1) is 16.0. The van der Waals surface area contributed by atoms with Gasteiger partial charge in [-0.2, -0.15) is 0 Å². The van der Waals surface area contributed by atoms with Crippen molar-refractivity contribution in [1.29, 1.82) is 0 Å². The molecule has 2 N–H and O–H groups in total. The fourth-order valence-corrected chi connectivity index (χ4v) is 2.91. The Hall–Kier alpha value is -1.34. The van der Waals surface area contributed by atoms with Crippen LogP contribution in [-0.4, -0.2) is 40.9 Å². The zero-order chi connectivity index (χ0) is 14.9. The molecule has 3 heteroatoms. The minimum Gasteiger partial charge on any atom is -0.396 e. The predicted octanol–water partition coefficient (Wildman–Crippen LogP) is 2.16. The molecular weight excluding hydrogens is 262 g/mol. The van der Waals surface area contributed by atoms with Crippen LogP contribution in [0.1, 0.15) is 43.2 Å². The number of benzene rings is 1. The number of hydrogen-bond acceptors (Lipinski definition) is 3. The molecular formula is C18H25NO2. The standard InChI is InChI=1S/C18H25NO2/c20-13-2-1-5-16-8-10-17(11-9-16)15-19-12-3-6-18(19)7-4-14-21/h8-11,18,20-21H,2-4,6-7,12-15H2. The van der Waals surface area contributed by atoms with Crippen molar-refractivity contribution in [2.24, 2.45) is 0 Å². The van der Waals surface area contributed by atoms with Crippen molar-refractivity contribution in [3.63, 3.8) is 0 Å². The molecule has 1 aliphatic heterocycles. The minimum atomic E-state index is 0.120. The van der Waals surface area contributed by atoms with E-state index >= 15 is 0 Å². The maximum atomic E-state index is 8.97. The fraction of sp³-hybridized carbons (Fsp3) is 0.556. The summed E-state index contributed by atoms with van der Waals surface area (Å²) >= 11 is 0. The van der Waals surface area contributed by atoms with E-state index in [1.54, 1.807) is 0 Å². The molecule has 1 fully saturated rings. The summed E-state index contributed by atoms with van der Waals surface area (Å²) in [4.78, 5) is 2.53. The fourth-order valence-electron chi connectivity index (χ4n) is 2.91. The van der Waals surface area contributed by atoms with Crippen LogP contribution in [0, 0.1) is 11.8 Å². The first-order chi connectivity index (χ1) is 10.3. The number of aliphatic hydroxyl groups is 2. The Morgan fingerprint density at radius 2 is 1.95 bits per heavy atom. The molecule has 3 nitrogen and oxygen atoms in total. The van der Waals surface area contributed by atoms with Crippen molar-refractivity contribution >= 4 is 0 Å². The Morgan fingerprint density at radius 1 is 1.14 bits per heavy atom. The van der Waals surface area contributed by atoms with Gasteiger partial charge >= 0.3 is 0 Å². The van der Waals surface area contributed by atoms with E-state index in [9.17, 15) is 0 Å². The normalized spacial score (nSPS) is 18.5. The van der Waals surface area contributed by atoms with Gasteiger partial charge in [0.05, 0.1) is 6.61 Å². The summed E-state index contributed by atoms with van der Waals surface area (Å²) in [5.41, 5.74) is 2.32. The number of nitrogens with zero attached hydrogens (tertiary/aromatic N) is 1. The zero-order valence-corrected chi connectivity index (χ0v) is 12.6. The molecule has 0 spiro atoms. The van der Waals surface area contributed by atoms with Gasteiger partial charge in [0.25, 0.3) is 0 Å². The maximum Gasteiger partial charge on any atom is 0.0540 e. The minimum absolute atomic E-state index is 0.120. The Kier molecular flexibility index (Phi) is 6.75. The van der Waals surface area contributed by atoms with Gasteiger partial charge in [0.15, 0.2) is 0 Å². The second-order valence-electron chi connectivity index (χ2n) is 5.60. The lowest BCUT2D eigenvalue weighted by Gasteiger charge is -2.24. The molecule has 1 aromatic rings. The van der Waals surface area contributed by atoms with Crippen LogP contribution in [0.3, 0.4) is 0 Å². The van der Waals surface area contributed by atoms with Crippen LogP contribution in [0.25, 0.3) is 0 Å². The van der Waals surface area contributed by atoms with Crippen LogP contribution in [0.5, 0.6) is 0 Å². The van der Waals surface area contributed by atoms with E-state index < -0.39 is 0 Å². The predicted molar refractivity (Wildman–Crippen MR) is 84.8 cm³/mol. The third-order valence-electron chi connectivity index (χ3n) is 4.00. The van der Waals surface area contributed by atoms with Gasteiger partial charge in [-0.05, 0) is 49.9 Å². The molecule has 0 radical (unpaired) electrons. The molecule has 0 saturated carbocycles. The van der Waals surface area contributed by atoms with Crippen molar-refractivity contribution < 1.29 is 10.2 Å². The number of aliphatic hydroxyl groups excluding tert-OH is 2. The monoisotopic (exact) mass is 287 g/mol. The molecule has 0 aromatic heterocycles. The molecule has 2 rings (SSSR count). The molecule has 1 unspecified atom stereocenters. The molecule has 21 heavy (non-hydrogen) atoms. The van der Waals surface area contributed by atoms with Crippen LogP contribution in [0.4, 0.5) is 0 Å². The van der Waals surface area contributed by atoms with E-state index in [0.717, 1.165) is 31.5 Å². The first-order valence-electron chi connectivity index (χ1n) is 7.87. The molecule has 1 atom stereocenters. The zero-order valence-electron chi connectivity index (χ0n) is 12.6. The van der Waals surface area contributed by atoms with Gasteiger partial charge in [0.1, 0.15) is 0 Å². The van der Waals surface area contributed by atoms with Crippen molar-refractivity contribution in [1.82, 2.24) is 4.90 Å². The quantitative estimate of drug-likeness (QED) is 0.788. The van der Waals surface area contributed by atoms with Crippen LogP contribution in [0.2, 0.25) is 0 Å². The summed E-state index contributed by atoms with van der Waals surface area (Å²) in [7, 11) is 0. The summed E-state index contributed by atoms with van der Waals surface area (Å²) in [6.45, 7) is 2.56. The van der Waals surface area contributed by atoms with Crippen molar-refractivity contribution in [2.75, 3.05) is 19.8 Å². The summed E-state index contributed by atoms with van der Waals surface area (Å²) < 4.78 is 0. The van der Waals surface area contributed by atoms with E-state index in [1.807, 2.05) is 0 Å². The van der Waals surface area contributed by atoms with Crippen molar-refractivity contribution in [2.45, 2.75) is 44.7 Å². The van der Waals surface area contributed by atoms with Crippen molar-refractivity contribution in [3.05, 3.63) is 35.4 Å². The highest BCUT2D eigenvalue weighted by molar-refractivity contribution is 5.36. The average Bonchev–Trinajstić information content (AvgIpc) is 2.94. The van der Waals surface area contributed by atoms with E-state index in [2.05, 4.69) is 41.0 Å². The van der Waals surface area contributed by atoms with Gasteiger partial charge in [0, 0.05) is 31.2 Å². The lowest BCUT2D eigenvalue weighted by molar-refractivity contribution is 0.210. The van der Waals surface area contributed by atoms with Gasteiger partial charge in [-0.1, -0.05) is 24.0 Å². The highest BCUT2D eigenvalue weighted by Crippen LogP contribution is 2.23. The van der Waals surface area contributed by atoms with Gasteiger partial charge in [-0.15, -0.1) is 0 Å². The second kappa shape index (κ2) is 8.84. The van der Waals surface area contributed by atoms with Crippen LogP contribution in [0.15, 0.2) is 24.3 Å². The van der Waals surface area contributed by atoms with Gasteiger partial charge in [-0.25, -0.2) is 0 Å². The molecule has 1 aromatic carbocycles. The molecule has 1 aliphatic rings. The van der Waals surface area contributed by atoms with E-state index in [-0.39, 0.29) is 6.61 Å². The average molecular weight is 287 g/mol. The molecule has 114 valence electrons. The molecule has 0 amide bonds. The molecule has 0 aliphatic carbocycles. The molecule has 0 bridgehead atoms. The summed E-state index contributed by atoms with van der Waals surface area (Å²) in [5.74, 6) is 5.99. The molecule has 1 saturated heterocycles. The Bertz CT molecular complexity index is 472. The van der Waals surface area contributed by atoms with E-state index in [4.69, 9.17) is 10.2 Å². The van der Waals surface area contributed by atoms with Crippen LogP contribution in [-0.2, 0) is 6.54 Å². The topological polar surface area (TPSA) is 43.7 Å². The number of likely N-dealkylation sites (tertiary alicyclic amines) is 1. The Labute approximate surface area is 127 Å². The Balaban J connectivity index is 1.89. The summed E-state index contributed by atoms with van der Waals surface area (Å²) in [6, 6.07) is 9.02. The van der Waals surface area contributed by atoms with Gasteiger partial charge in [-0.3, -0.25) is 4.90 Å². The smallest absolute Gasteiger partial charge is 0.0540 e. The second-order valence-corrected chi connectivity index (χ2v) is 5.60. The summed E-state index contributed by atoms with van der Waals surface area (Å²) in [5, 5.41) is 17.7.